The summed E-state index contributed by atoms with van der Waals surface area (Å²) in [5.41, 5.74) is 10.7. The van der Waals surface area contributed by atoms with Crippen molar-refractivity contribution in [3.8, 4) is 33.4 Å². The molecule has 12 rings (SSSR count). The van der Waals surface area contributed by atoms with Crippen molar-refractivity contribution in [1.29, 1.82) is 0 Å². The third kappa shape index (κ3) is 5.66. The Morgan fingerprint density at radius 3 is 1.69 bits per heavy atom. The van der Waals surface area contributed by atoms with Crippen molar-refractivity contribution in [2.24, 2.45) is 0 Å². The number of rotatable bonds is 6. The van der Waals surface area contributed by atoms with E-state index in [1.54, 1.807) is 0 Å². The Morgan fingerprint density at radius 1 is 0.288 bits per heavy atom. The molecule has 0 spiro atoms. The van der Waals surface area contributed by atoms with Gasteiger partial charge in [0.2, 0.25) is 0 Å². The number of thiophene rings is 2. The van der Waals surface area contributed by atoms with E-state index in [1.165, 1.54) is 101 Å². The van der Waals surface area contributed by atoms with Crippen LogP contribution in [-0.4, -0.2) is 0 Å². The van der Waals surface area contributed by atoms with Crippen LogP contribution in [0.15, 0.2) is 212 Å². The maximum Gasteiger partial charge on any atom is 0.0640 e. The largest absolute Gasteiger partial charge is 0.309 e. The molecule has 12 aromatic rings. The van der Waals surface area contributed by atoms with Gasteiger partial charge in [0.05, 0.1) is 10.4 Å². The molecule has 0 fully saturated rings. The number of hydrogen-bond acceptors (Lipinski definition) is 3. The van der Waals surface area contributed by atoms with E-state index in [0.717, 1.165) is 11.4 Å². The lowest BCUT2D eigenvalue weighted by atomic mass is 9.92. The molecule has 0 amide bonds. The first-order valence-corrected chi connectivity index (χ1v) is 21.7. The fourth-order valence-electron chi connectivity index (χ4n) is 9.09. The van der Waals surface area contributed by atoms with Crippen molar-refractivity contribution in [2.75, 3.05) is 4.90 Å². The zero-order chi connectivity index (χ0) is 38.9. The molecular formula is C56H35NS2. The van der Waals surface area contributed by atoms with E-state index in [2.05, 4.69) is 217 Å². The van der Waals surface area contributed by atoms with Gasteiger partial charge in [-0.1, -0.05) is 158 Å². The van der Waals surface area contributed by atoms with Crippen LogP contribution in [0.5, 0.6) is 0 Å². The van der Waals surface area contributed by atoms with Gasteiger partial charge < -0.3 is 4.90 Å². The Bertz CT molecular complexity index is 3560. The quantitative estimate of drug-likeness (QED) is 0.152. The van der Waals surface area contributed by atoms with Crippen LogP contribution in [0, 0.1) is 0 Å². The minimum absolute atomic E-state index is 1.11. The summed E-state index contributed by atoms with van der Waals surface area (Å²) in [7, 11) is 0. The monoisotopic (exact) mass is 785 g/mol. The highest BCUT2D eigenvalue weighted by atomic mass is 32.1. The fourth-order valence-corrected chi connectivity index (χ4v) is 11.4. The minimum Gasteiger partial charge on any atom is -0.309 e. The van der Waals surface area contributed by atoms with Gasteiger partial charge in [0.1, 0.15) is 0 Å². The summed E-state index contributed by atoms with van der Waals surface area (Å²) in [6, 6.07) is 78.3. The molecule has 3 heteroatoms. The Balaban J connectivity index is 1.07. The van der Waals surface area contributed by atoms with Crippen molar-refractivity contribution in [3.05, 3.63) is 212 Å². The van der Waals surface area contributed by atoms with Crippen molar-refractivity contribution >= 4 is 102 Å². The molecule has 0 aliphatic heterocycles. The van der Waals surface area contributed by atoms with Crippen molar-refractivity contribution in [2.45, 2.75) is 0 Å². The topological polar surface area (TPSA) is 3.24 Å². The van der Waals surface area contributed by atoms with Crippen LogP contribution in [-0.2, 0) is 0 Å². The molecular weight excluding hydrogens is 751 g/mol. The second kappa shape index (κ2) is 13.8. The lowest BCUT2D eigenvalue weighted by Gasteiger charge is -2.27. The molecule has 0 aliphatic carbocycles. The summed E-state index contributed by atoms with van der Waals surface area (Å²) in [6.45, 7) is 0. The van der Waals surface area contributed by atoms with Gasteiger partial charge in [-0.05, 0) is 110 Å². The van der Waals surface area contributed by atoms with Gasteiger partial charge in [0, 0.05) is 47.0 Å². The van der Waals surface area contributed by atoms with E-state index in [9.17, 15) is 0 Å². The Labute approximate surface area is 350 Å². The second-order valence-corrected chi connectivity index (χ2v) is 17.4. The van der Waals surface area contributed by atoms with Crippen LogP contribution in [0.3, 0.4) is 0 Å². The van der Waals surface area contributed by atoms with E-state index < -0.39 is 0 Å². The molecule has 2 aromatic heterocycles. The van der Waals surface area contributed by atoms with Crippen LogP contribution < -0.4 is 4.90 Å². The molecule has 0 unspecified atom stereocenters. The number of fused-ring (bicyclic) bond motifs is 9. The first kappa shape index (κ1) is 34.0. The van der Waals surface area contributed by atoms with Crippen molar-refractivity contribution in [1.82, 2.24) is 0 Å². The molecule has 0 radical (unpaired) electrons. The number of benzene rings is 10. The number of nitrogens with zero attached hydrogens (tertiary/aromatic N) is 1. The van der Waals surface area contributed by atoms with Gasteiger partial charge in [-0.3, -0.25) is 0 Å². The summed E-state index contributed by atoms with van der Waals surface area (Å²) < 4.78 is 5.19. The zero-order valence-corrected chi connectivity index (χ0v) is 33.6. The van der Waals surface area contributed by atoms with Crippen molar-refractivity contribution in [3.63, 3.8) is 0 Å². The molecule has 0 saturated heterocycles. The number of anilines is 3. The molecule has 0 aliphatic rings. The van der Waals surface area contributed by atoms with Gasteiger partial charge in [-0.2, -0.15) is 0 Å². The zero-order valence-electron chi connectivity index (χ0n) is 32.0. The van der Waals surface area contributed by atoms with E-state index in [0.29, 0.717) is 0 Å². The standard InChI is InChI=1S/C56H35NS2/c1-2-13-36(14-3-1)43-32-30-41(35-51(43)39-27-31-48-46-19-8-10-23-53(46)58-55(48)34-39)57(52-22-12-21-49-47-20-9-11-24-54(47)59-56(49)52)40-28-25-37(26-29-40)50-33-38-15-4-5-16-42(38)44-17-6-7-18-45(44)50/h1-35H. The highest BCUT2D eigenvalue weighted by Crippen LogP contribution is 2.48. The highest BCUT2D eigenvalue weighted by molar-refractivity contribution is 7.26. The maximum absolute atomic E-state index is 2.47. The van der Waals surface area contributed by atoms with Crippen LogP contribution in [0.2, 0.25) is 0 Å². The van der Waals surface area contributed by atoms with Crippen LogP contribution in [0.25, 0.3) is 95.3 Å². The molecule has 59 heavy (non-hydrogen) atoms. The van der Waals surface area contributed by atoms with E-state index in [-0.39, 0.29) is 0 Å². The Morgan fingerprint density at radius 2 is 0.881 bits per heavy atom. The molecule has 0 saturated carbocycles. The Kier molecular flexibility index (Phi) is 7.97. The lowest BCUT2D eigenvalue weighted by molar-refractivity contribution is 1.30. The molecule has 0 bridgehead atoms. The smallest absolute Gasteiger partial charge is 0.0640 e. The van der Waals surface area contributed by atoms with Gasteiger partial charge in [-0.25, -0.2) is 0 Å². The van der Waals surface area contributed by atoms with Gasteiger partial charge in [-0.15, -0.1) is 22.7 Å². The Hall–Kier alpha value is -7.04. The van der Waals surface area contributed by atoms with Crippen LogP contribution in [0.1, 0.15) is 0 Å². The third-order valence-corrected chi connectivity index (χ3v) is 14.2. The van der Waals surface area contributed by atoms with Gasteiger partial charge in [0.25, 0.3) is 0 Å². The maximum atomic E-state index is 2.47. The average molecular weight is 786 g/mol. The summed E-state index contributed by atoms with van der Waals surface area (Å²) in [5.74, 6) is 0. The van der Waals surface area contributed by atoms with E-state index in [1.807, 2.05) is 22.7 Å². The minimum atomic E-state index is 1.11. The van der Waals surface area contributed by atoms with Crippen LogP contribution in [0.4, 0.5) is 17.1 Å². The van der Waals surface area contributed by atoms with Crippen molar-refractivity contribution < 1.29 is 0 Å². The summed E-state index contributed by atoms with van der Waals surface area (Å²) in [6.07, 6.45) is 0. The lowest BCUT2D eigenvalue weighted by Crippen LogP contribution is -2.10. The summed E-state index contributed by atoms with van der Waals surface area (Å²) in [5, 5.41) is 10.3. The van der Waals surface area contributed by atoms with Crippen LogP contribution >= 0.6 is 22.7 Å². The predicted molar refractivity (Wildman–Crippen MR) is 258 cm³/mol. The van der Waals surface area contributed by atoms with E-state index >= 15 is 0 Å². The van der Waals surface area contributed by atoms with Gasteiger partial charge >= 0.3 is 0 Å². The first-order chi connectivity index (χ1) is 29.2. The second-order valence-electron chi connectivity index (χ2n) is 15.2. The molecule has 276 valence electrons. The molecule has 10 aromatic carbocycles. The molecule has 1 nitrogen and oxygen atoms in total. The highest BCUT2D eigenvalue weighted by Gasteiger charge is 2.21. The fraction of sp³-hybridized carbons (Fsp3) is 0. The SMILES string of the molecule is c1ccc(-c2ccc(N(c3ccc(-c4cc5ccccc5c5ccccc45)cc3)c3cccc4c3sc3ccccc34)cc2-c2ccc3c(c2)sc2ccccc23)cc1. The normalized spacial score (nSPS) is 11.7. The predicted octanol–water partition coefficient (Wildman–Crippen LogP) is 17.2. The third-order valence-electron chi connectivity index (χ3n) is 11.9. The molecule has 0 atom stereocenters. The average Bonchev–Trinajstić information content (AvgIpc) is 3.88. The first-order valence-electron chi connectivity index (χ1n) is 20.1. The molecule has 2 heterocycles. The summed E-state index contributed by atoms with van der Waals surface area (Å²) in [4.78, 5) is 2.47. The van der Waals surface area contributed by atoms with E-state index in [4.69, 9.17) is 0 Å². The molecule has 0 N–H and O–H groups in total. The number of hydrogen-bond donors (Lipinski definition) is 0. The van der Waals surface area contributed by atoms with Gasteiger partial charge in [0.15, 0.2) is 0 Å². The summed E-state index contributed by atoms with van der Waals surface area (Å²) >= 11 is 3.74.